The lowest BCUT2D eigenvalue weighted by Crippen LogP contribution is -2.12. The van der Waals surface area contributed by atoms with Crippen LogP contribution in [-0.2, 0) is 25.9 Å². The standard InChI is InChI=1S/C25H23F3N2O5S2/c1-17-29-24-22(25(26,27)28)11-5-12-23(24)30(17)18-7-3-8-19(15-18)35-20-9-4-10-21(16-20)37(33,34)14-6-13-36(2,31)32/h3-5,7-12,15-16H,6,13-14H2,1-2H3. The van der Waals surface area contributed by atoms with Gasteiger partial charge in [-0.05, 0) is 55.8 Å². The molecule has 0 saturated heterocycles. The summed E-state index contributed by atoms with van der Waals surface area (Å²) in [7, 11) is -7.01. The van der Waals surface area contributed by atoms with Crippen LogP contribution in [0.3, 0.4) is 0 Å². The first kappa shape index (κ1) is 26.7. The van der Waals surface area contributed by atoms with E-state index in [0.29, 0.717) is 17.3 Å². The van der Waals surface area contributed by atoms with Crippen molar-refractivity contribution in [3.8, 4) is 17.2 Å². The molecule has 0 bridgehead atoms. The minimum Gasteiger partial charge on any atom is -0.457 e. The van der Waals surface area contributed by atoms with E-state index in [1.165, 1.54) is 24.3 Å². The van der Waals surface area contributed by atoms with Gasteiger partial charge in [0.15, 0.2) is 9.84 Å². The van der Waals surface area contributed by atoms with Crippen LogP contribution in [0.2, 0.25) is 0 Å². The molecule has 7 nitrogen and oxygen atoms in total. The van der Waals surface area contributed by atoms with Gasteiger partial charge in [-0.2, -0.15) is 13.2 Å². The van der Waals surface area contributed by atoms with Crippen molar-refractivity contribution >= 4 is 30.7 Å². The Morgan fingerprint density at radius 1 is 0.892 bits per heavy atom. The zero-order valence-corrected chi connectivity index (χ0v) is 21.5. The van der Waals surface area contributed by atoms with Crippen molar-refractivity contribution in [2.75, 3.05) is 17.8 Å². The summed E-state index contributed by atoms with van der Waals surface area (Å²) in [6, 6.07) is 16.3. The van der Waals surface area contributed by atoms with Crippen molar-refractivity contribution < 1.29 is 34.7 Å². The van der Waals surface area contributed by atoms with E-state index in [1.54, 1.807) is 47.9 Å². The summed E-state index contributed by atoms with van der Waals surface area (Å²) in [6.07, 6.45) is -3.53. The number of fused-ring (bicyclic) bond motifs is 1. The summed E-state index contributed by atoms with van der Waals surface area (Å²) in [5, 5.41) is 0. The van der Waals surface area contributed by atoms with Crippen LogP contribution in [0.1, 0.15) is 17.8 Å². The van der Waals surface area contributed by atoms with Gasteiger partial charge in [-0.25, -0.2) is 21.8 Å². The fourth-order valence-corrected chi connectivity index (χ4v) is 6.15. The Kier molecular flexibility index (Phi) is 7.08. The second kappa shape index (κ2) is 9.82. The number of hydrogen-bond acceptors (Lipinski definition) is 6. The number of benzene rings is 3. The molecular weight excluding hydrogens is 529 g/mol. The van der Waals surface area contributed by atoms with E-state index in [1.807, 2.05) is 0 Å². The lowest BCUT2D eigenvalue weighted by molar-refractivity contribution is -0.136. The van der Waals surface area contributed by atoms with Crippen LogP contribution in [0.4, 0.5) is 13.2 Å². The van der Waals surface area contributed by atoms with Gasteiger partial charge < -0.3 is 4.74 Å². The SMILES string of the molecule is Cc1nc2c(C(F)(F)F)cccc2n1-c1cccc(Oc2cccc(S(=O)(=O)CCCS(C)(=O)=O)c2)c1. The van der Waals surface area contributed by atoms with Crippen molar-refractivity contribution in [1.82, 2.24) is 9.55 Å². The Labute approximate surface area is 212 Å². The number of alkyl halides is 3. The number of imidazole rings is 1. The van der Waals surface area contributed by atoms with E-state index in [9.17, 15) is 30.0 Å². The van der Waals surface area contributed by atoms with E-state index in [0.717, 1.165) is 12.3 Å². The molecule has 3 aromatic carbocycles. The summed E-state index contributed by atoms with van der Waals surface area (Å²) >= 11 is 0. The highest BCUT2D eigenvalue weighted by Gasteiger charge is 2.34. The summed E-state index contributed by atoms with van der Waals surface area (Å²) < 4.78 is 95.8. The predicted octanol–water partition coefficient (Wildman–Crippen LogP) is 5.35. The lowest BCUT2D eigenvalue weighted by Gasteiger charge is -2.12. The van der Waals surface area contributed by atoms with Gasteiger partial charge in [-0.15, -0.1) is 0 Å². The second-order valence-electron chi connectivity index (χ2n) is 8.54. The zero-order valence-electron chi connectivity index (χ0n) is 19.9. The molecule has 0 fully saturated rings. The molecule has 37 heavy (non-hydrogen) atoms. The molecule has 0 amide bonds. The summed E-state index contributed by atoms with van der Waals surface area (Å²) in [5.74, 6) is 0.352. The Morgan fingerprint density at radius 2 is 1.54 bits per heavy atom. The molecule has 0 N–H and O–H groups in total. The zero-order chi connectivity index (χ0) is 27.0. The van der Waals surface area contributed by atoms with Gasteiger partial charge in [0.2, 0.25) is 0 Å². The minimum atomic E-state index is -4.55. The third kappa shape index (κ3) is 6.13. The molecule has 0 aliphatic rings. The van der Waals surface area contributed by atoms with Crippen molar-refractivity contribution in [1.29, 1.82) is 0 Å². The number of halogens is 3. The van der Waals surface area contributed by atoms with Crippen LogP contribution in [-0.4, -0.2) is 44.1 Å². The number of ether oxygens (including phenoxy) is 1. The fraction of sp³-hybridized carbons (Fsp3) is 0.240. The molecule has 0 spiro atoms. The molecule has 1 aromatic heterocycles. The number of sulfone groups is 2. The average molecular weight is 553 g/mol. The summed E-state index contributed by atoms with van der Waals surface area (Å²) in [6.45, 7) is 1.60. The molecule has 0 aliphatic carbocycles. The van der Waals surface area contributed by atoms with Gasteiger partial charge >= 0.3 is 6.18 Å². The van der Waals surface area contributed by atoms with Crippen LogP contribution >= 0.6 is 0 Å². The maximum absolute atomic E-state index is 13.5. The number of aryl methyl sites for hydroxylation is 1. The van der Waals surface area contributed by atoms with Gasteiger partial charge in [0, 0.05) is 12.3 Å². The number of nitrogens with zero attached hydrogens (tertiary/aromatic N) is 2. The first-order valence-electron chi connectivity index (χ1n) is 11.1. The summed E-state index contributed by atoms with van der Waals surface area (Å²) in [5.41, 5.74) is -0.186. The second-order valence-corrected chi connectivity index (χ2v) is 12.9. The molecule has 0 radical (unpaired) electrons. The molecule has 0 aliphatic heterocycles. The topological polar surface area (TPSA) is 95.3 Å². The maximum Gasteiger partial charge on any atom is 0.418 e. The molecule has 0 atom stereocenters. The monoisotopic (exact) mass is 552 g/mol. The predicted molar refractivity (Wildman–Crippen MR) is 134 cm³/mol. The third-order valence-corrected chi connectivity index (χ3v) is 8.39. The van der Waals surface area contributed by atoms with E-state index in [-0.39, 0.29) is 39.6 Å². The largest absolute Gasteiger partial charge is 0.457 e. The minimum absolute atomic E-state index is 0.00853. The first-order chi connectivity index (χ1) is 17.2. The lowest BCUT2D eigenvalue weighted by atomic mass is 10.1. The first-order valence-corrected chi connectivity index (χ1v) is 14.8. The van der Waals surface area contributed by atoms with E-state index in [4.69, 9.17) is 4.74 Å². The van der Waals surface area contributed by atoms with Gasteiger partial charge in [0.05, 0.1) is 33.2 Å². The van der Waals surface area contributed by atoms with Crippen molar-refractivity contribution in [2.45, 2.75) is 24.4 Å². The molecular formula is C25H23F3N2O5S2. The van der Waals surface area contributed by atoms with Crippen molar-refractivity contribution in [2.24, 2.45) is 0 Å². The highest BCUT2D eigenvalue weighted by Crippen LogP contribution is 2.36. The van der Waals surface area contributed by atoms with Crippen LogP contribution < -0.4 is 4.74 Å². The number of aromatic nitrogens is 2. The molecule has 4 aromatic rings. The van der Waals surface area contributed by atoms with E-state index < -0.39 is 31.4 Å². The molecule has 0 saturated carbocycles. The normalized spacial score (nSPS) is 12.7. The van der Waals surface area contributed by atoms with Gasteiger partial charge in [0.25, 0.3) is 0 Å². The Bertz CT molecular complexity index is 1680. The van der Waals surface area contributed by atoms with E-state index >= 15 is 0 Å². The quantitative estimate of drug-likeness (QED) is 0.292. The van der Waals surface area contributed by atoms with Crippen LogP contribution in [0, 0.1) is 6.92 Å². The van der Waals surface area contributed by atoms with E-state index in [2.05, 4.69) is 4.98 Å². The fourth-order valence-electron chi connectivity index (χ4n) is 3.95. The highest BCUT2D eigenvalue weighted by molar-refractivity contribution is 7.92. The van der Waals surface area contributed by atoms with Crippen LogP contribution in [0.25, 0.3) is 16.7 Å². The molecule has 4 rings (SSSR count). The van der Waals surface area contributed by atoms with Gasteiger partial charge in [0.1, 0.15) is 32.7 Å². The van der Waals surface area contributed by atoms with Gasteiger partial charge in [-0.1, -0.05) is 18.2 Å². The summed E-state index contributed by atoms with van der Waals surface area (Å²) in [4.78, 5) is 4.14. The number of rotatable bonds is 8. The molecule has 12 heteroatoms. The smallest absolute Gasteiger partial charge is 0.418 e. The average Bonchev–Trinajstić information content (AvgIpc) is 3.13. The number of hydrogen-bond donors (Lipinski definition) is 0. The van der Waals surface area contributed by atoms with Crippen molar-refractivity contribution in [3.63, 3.8) is 0 Å². The van der Waals surface area contributed by atoms with Crippen LogP contribution in [0.5, 0.6) is 11.5 Å². The van der Waals surface area contributed by atoms with Crippen LogP contribution in [0.15, 0.2) is 71.6 Å². The Morgan fingerprint density at radius 3 is 2.22 bits per heavy atom. The highest BCUT2D eigenvalue weighted by atomic mass is 32.2. The molecule has 0 unspecified atom stereocenters. The molecule has 196 valence electrons. The third-order valence-electron chi connectivity index (χ3n) is 5.56. The Balaban J connectivity index is 1.62. The Hall–Kier alpha value is -3.38. The maximum atomic E-state index is 13.5. The number of para-hydroxylation sites is 1. The molecule has 1 heterocycles. The van der Waals surface area contributed by atoms with Gasteiger partial charge in [-0.3, -0.25) is 4.57 Å². The van der Waals surface area contributed by atoms with Crippen molar-refractivity contribution in [3.05, 3.63) is 78.1 Å².